The van der Waals surface area contributed by atoms with Crippen molar-refractivity contribution in [1.29, 1.82) is 0 Å². The lowest BCUT2D eigenvalue weighted by Crippen LogP contribution is -2.65. The van der Waals surface area contributed by atoms with Crippen molar-refractivity contribution in [2.24, 2.45) is 0 Å². The Bertz CT molecular complexity index is 841. The number of anilines is 1. The number of urea groups is 1. The molecule has 0 aromatic heterocycles. The van der Waals surface area contributed by atoms with Gasteiger partial charge in [0.1, 0.15) is 18.5 Å². The monoisotopic (exact) mass is 448 g/mol. The van der Waals surface area contributed by atoms with Gasteiger partial charge in [0.05, 0.1) is 25.2 Å². The number of piperidine rings is 2. The summed E-state index contributed by atoms with van der Waals surface area (Å²) in [6.07, 6.45) is 4.40. The number of hydrogen-bond donors (Lipinski definition) is 1. The van der Waals surface area contributed by atoms with Gasteiger partial charge in [0, 0.05) is 43.0 Å². The molecule has 1 aromatic rings. The maximum atomic E-state index is 12.9. The molecule has 8 nitrogen and oxygen atoms in total. The molecular weight excluding hydrogens is 420 g/mol. The molecule has 0 bridgehead atoms. The second-order valence-electron chi connectivity index (χ2n) is 8.88. The first-order valence-corrected chi connectivity index (χ1v) is 11.6. The number of benzene rings is 1. The summed E-state index contributed by atoms with van der Waals surface area (Å²) >= 11 is 6.34. The van der Waals surface area contributed by atoms with Gasteiger partial charge in [-0.2, -0.15) is 0 Å². The Morgan fingerprint density at radius 2 is 1.87 bits per heavy atom. The summed E-state index contributed by atoms with van der Waals surface area (Å²) in [5.41, 5.74) is 1.11. The maximum absolute atomic E-state index is 12.9. The van der Waals surface area contributed by atoms with Gasteiger partial charge >= 0.3 is 6.03 Å². The van der Waals surface area contributed by atoms with Crippen LogP contribution in [0.25, 0.3) is 0 Å². The Labute approximate surface area is 187 Å². The van der Waals surface area contributed by atoms with Gasteiger partial charge in [0.25, 0.3) is 0 Å². The van der Waals surface area contributed by atoms with Gasteiger partial charge < -0.3 is 29.5 Å². The van der Waals surface area contributed by atoms with Crippen LogP contribution in [0.3, 0.4) is 0 Å². The molecule has 9 heteroatoms. The third-order valence-corrected chi connectivity index (χ3v) is 6.81. The van der Waals surface area contributed by atoms with E-state index in [2.05, 4.69) is 16.3 Å². The Balaban J connectivity index is 1.14. The molecule has 5 rings (SSSR count). The summed E-state index contributed by atoms with van der Waals surface area (Å²) in [7, 11) is 0. The first-order valence-electron chi connectivity index (χ1n) is 11.2. The number of halogens is 1. The van der Waals surface area contributed by atoms with Crippen LogP contribution in [0.2, 0.25) is 5.02 Å². The van der Waals surface area contributed by atoms with Crippen LogP contribution >= 0.6 is 11.6 Å². The second-order valence-corrected chi connectivity index (χ2v) is 9.31. The predicted molar refractivity (Wildman–Crippen MR) is 117 cm³/mol. The molecule has 1 aromatic carbocycles. The van der Waals surface area contributed by atoms with Gasteiger partial charge in [0.15, 0.2) is 0 Å². The van der Waals surface area contributed by atoms with E-state index in [0.29, 0.717) is 31.2 Å². The topological polar surface area (TPSA) is 74.3 Å². The fourth-order valence-electron chi connectivity index (χ4n) is 4.89. The molecule has 1 N–H and O–H groups in total. The summed E-state index contributed by atoms with van der Waals surface area (Å²) < 4.78 is 11.7. The number of rotatable bonds is 3. The summed E-state index contributed by atoms with van der Waals surface area (Å²) in [6.45, 7) is 4.46. The summed E-state index contributed by atoms with van der Waals surface area (Å²) in [6, 6.07) is 5.77. The van der Waals surface area contributed by atoms with Crippen LogP contribution in [0, 0.1) is 0 Å². The molecule has 0 radical (unpaired) electrons. The molecule has 4 aliphatic heterocycles. The van der Waals surface area contributed by atoms with E-state index in [1.807, 2.05) is 12.1 Å². The number of nitrogens with one attached hydrogen (secondary N) is 1. The smallest absolute Gasteiger partial charge is 0.320 e. The number of fused-ring (bicyclic) bond motifs is 1. The molecule has 4 fully saturated rings. The molecule has 4 aliphatic rings. The minimum absolute atomic E-state index is 0.00165. The number of nitrogens with zero attached hydrogens (tertiary/aromatic N) is 3. The lowest BCUT2D eigenvalue weighted by molar-refractivity contribution is -0.139. The van der Waals surface area contributed by atoms with Crippen molar-refractivity contribution in [1.82, 2.24) is 15.1 Å². The van der Waals surface area contributed by atoms with Crippen molar-refractivity contribution in [3.05, 3.63) is 23.2 Å². The van der Waals surface area contributed by atoms with E-state index in [0.717, 1.165) is 30.9 Å². The van der Waals surface area contributed by atoms with Crippen LogP contribution in [-0.2, 0) is 9.53 Å². The van der Waals surface area contributed by atoms with Crippen LogP contribution in [-0.4, -0.2) is 85.9 Å². The lowest BCUT2D eigenvalue weighted by Gasteiger charge is -2.45. The van der Waals surface area contributed by atoms with Gasteiger partial charge in [0.2, 0.25) is 5.91 Å². The molecule has 4 heterocycles. The molecule has 31 heavy (non-hydrogen) atoms. The fraction of sp³-hybridized carbons (Fsp3) is 0.636. The largest absolute Gasteiger partial charge is 0.487 e. The van der Waals surface area contributed by atoms with Crippen LogP contribution < -0.4 is 15.0 Å². The minimum atomic E-state index is -0.119. The zero-order valence-corrected chi connectivity index (χ0v) is 18.4. The van der Waals surface area contributed by atoms with E-state index in [4.69, 9.17) is 21.1 Å². The van der Waals surface area contributed by atoms with E-state index in [9.17, 15) is 9.59 Å². The van der Waals surface area contributed by atoms with Gasteiger partial charge in [-0.15, -0.1) is 0 Å². The Kier molecular flexibility index (Phi) is 5.84. The van der Waals surface area contributed by atoms with E-state index >= 15 is 0 Å². The van der Waals surface area contributed by atoms with Crippen molar-refractivity contribution >= 4 is 29.2 Å². The molecule has 0 spiro atoms. The standard InChI is InChI=1S/C22H29ClN4O4/c23-15-8-16(25-5-2-1-3-6-25)10-17(9-15)31-18-11-27(12-18)22(29)26-7-4-20-19(13-26)24-21(28)14-30-20/h8-10,18-20H,1-7,11-14H2,(H,24,28)/t19-,20?/m1/s1. The zero-order valence-electron chi connectivity index (χ0n) is 17.6. The summed E-state index contributed by atoms with van der Waals surface area (Å²) in [5, 5.41) is 3.61. The minimum Gasteiger partial charge on any atom is -0.487 e. The van der Waals surface area contributed by atoms with Crippen molar-refractivity contribution in [2.75, 3.05) is 50.8 Å². The number of ether oxygens (including phenoxy) is 2. The van der Waals surface area contributed by atoms with E-state index in [-0.39, 0.29) is 36.8 Å². The number of morpholine rings is 1. The third kappa shape index (κ3) is 4.55. The highest BCUT2D eigenvalue weighted by Crippen LogP contribution is 2.31. The Hall–Kier alpha value is -2.19. The van der Waals surface area contributed by atoms with Gasteiger partial charge in [-0.1, -0.05) is 11.6 Å². The van der Waals surface area contributed by atoms with Gasteiger partial charge in [-0.05, 0) is 37.8 Å². The Morgan fingerprint density at radius 1 is 1.06 bits per heavy atom. The maximum Gasteiger partial charge on any atom is 0.320 e. The van der Waals surface area contributed by atoms with Crippen molar-refractivity contribution in [3.63, 3.8) is 0 Å². The first kappa shape index (κ1) is 20.7. The first-order chi connectivity index (χ1) is 15.0. The molecule has 168 valence electrons. The number of hydrogen-bond acceptors (Lipinski definition) is 5. The number of carbonyl (C=O) groups excluding carboxylic acids is 2. The van der Waals surface area contributed by atoms with Crippen LogP contribution in [0.1, 0.15) is 25.7 Å². The predicted octanol–water partition coefficient (Wildman–Crippen LogP) is 2.10. The zero-order chi connectivity index (χ0) is 21.4. The van der Waals surface area contributed by atoms with Crippen molar-refractivity contribution < 1.29 is 19.1 Å². The SMILES string of the molecule is O=C1COC2CCN(C(=O)N3CC(Oc4cc(Cl)cc(N5CCCCC5)c4)C3)C[C@H]2N1. The highest BCUT2D eigenvalue weighted by Gasteiger charge is 2.40. The quantitative estimate of drug-likeness (QED) is 0.766. The Morgan fingerprint density at radius 3 is 2.68 bits per heavy atom. The number of carbonyl (C=O) groups is 2. The molecule has 0 aliphatic carbocycles. The molecule has 4 saturated heterocycles. The van der Waals surface area contributed by atoms with E-state index in [1.54, 1.807) is 9.80 Å². The average Bonchev–Trinajstić information content (AvgIpc) is 2.75. The van der Waals surface area contributed by atoms with Crippen LogP contribution in [0.5, 0.6) is 5.75 Å². The number of amides is 3. The van der Waals surface area contributed by atoms with Gasteiger partial charge in [-0.3, -0.25) is 4.79 Å². The highest BCUT2D eigenvalue weighted by molar-refractivity contribution is 6.31. The average molecular weight is 449 g/mol. The normalized spacial score (nSPS) is 26.7. The molecule has 0 saturated carbocycles. The van der Waals surface area contributed by atoms with Crippen LogP contribution in [0.4, 0.5) is 10.5 Å². The fourth-order valence-corrected chi connectivity index (χ4v) is 5.10. The molecular formula is C22H29ClN4O4. The molecule has 3 amide bonds. The lowest BCUT2D eigenvalue weighted by atomic mass is 10.0. The van der Waals surface area contributed by atoms with E-state index in [1.165, 1.54) is 19.3 Å². The second kappa shape index (κ2) is 8.74. The molecule has 2 atom stereocenters. The number of likely N-dealkylation sites (tertiary alicyclic amines) is 2. The van der Waals surface area contributed by atoms with Crippen LogP contribution in [0.15, 0.2) is 18.2 Å². The van der Waals surface area contributed by atoms with Crippen molar-refractivity contribution in [2.45, 2.75) is 43.9 Å². The van der Waals surface area contributed by atoms with Gasteiger partial charge in [-0.25, -0.2) is 4.79 Å². The third-order valence-electron chi connectivity index (χ3n) is 6.59. The summed E-state index contributed by atoms with van der Waals surface area (Å²) in [5.74, 6) is 0.645. The summed E-state index contributed by atoms with van der Waals surface area (Å²) in [4.78, 5) is 30.4. The molecule has 1 unspecified atom stereocenters. The van der Waals surface area contributed by atoms with Crippen molar-refractivity contribution in [3.8, 4) is 5.75 Å². The highest BCUT2D eigenvalue weighted by atomic mass is 35.5. The van der Waals surface area contributed by atoms with E-state index < -0.39 is 0 Å².